The zero-order valence-electron chi connectivity index (χ0n) is 12.6. The van der Waals surface area contributed by atoms with Crippen LogP contribution in [0, 0.1) is 6.92 Å². The molecule has 118 valence electrons. The summed E-state index contributed by atoms with van der Waals surface area (Å²) in [5.74, 6) is 1.81. The van der Waals surface area contributed by atoms with Crippen LogP contribution in [0.2, 0.25) is 5.02 Å². The third kappa shape index (κ3) is 3.63. The van der Waals surface area contributed by atoms with Gasteiger partial charge in [0.1, 0.15) is 5.76 Å². The van der Waals surface area contributed by atoms with Crippen molar-refractivity contribution in [3.63, 3.8) is 0 Å². The molecular formula is C17H16ClN3O2. The second kappa shape index (κ2) is 6.71. The van der Waals surface area contributed by atoms with Gasteiger partial charge in [-0.05, 0) is 25.1 Å². The van der Waals surface area contributed by atoms with E-state index in [-0.39, 0.29) is 0 Å². The van der Waals surface area contributed by atoms with Gasteiger partial charge >= 0.3 is 0 Å². The number of hydrogen-bond donors (Lipinski definition) is 1. The summed E-state index contributed by atoms with van der Waals surface area (Å²) in [4.78, 5) is 8.60. The molecule has 23 heavy (non-hydrogen) atoms. The number of nitrogens with two attached hydrogens (primary N) is 1. The topological polar surface area (TPSA) is 74.2 Å². The Hall–Kier alpha value is -2.53. The van der Waals surface area contributed by atoms with Crippen molar-refractivity contribution in [2.24, 2.45) is 0 Å². The molecule has 0 fully saturated rings. The summed E-state index contributed by atoms with van der Waals surface area (Å²) in [6, 6.07) is 10.9. The second-order valence-electron chi connectivity index (χ2n) is 5.03. The van der Waals surface area contributed by atoms with E-state index >= 15 is 0 Å². The van der Waals surface area contributed by atoms with Gasteiger partial charge in [0.05, 0.1) is 34.8 Å². The average molecular weight is 330 g/mol. The Labute approximate surface area is 139 Å². The number of ether oxygens (including phenoxy) is 1. The standard InChI is InChI=1S/C17H16ClN3O2/c1-11-15(8-9-22-16-7-6-12(19)10-20-16)21-17(23-11)13-4-2-3-5-14(13)18/h2-7,10H,8-9,19H2,1H3. The van der Waals surface area contributed by atoms with Crippen LogP contribution in [0.15, 0.2) is 47.0 Å². The molecular weight excluding hydrogens is 314 g/mol. The molecule has 0 bridgehead atoms. The molecule has 0 aliphatic rings. The summed E-state index contributed by atoms with van der Waals surface area (Å²) in [7, 11) is 0. The fourth-order valence-electron chi connectivity index (χ4n) is 2.14. The Balaban J connectivity index is 1.67. The van der Waals surface area contributed by atoms with E-state index in [1.807, 2.05) is 31.2 Å². The second-order valence-corrected chi connectivity index (χ2v) is 5.44. The van der Waals surface area contributed by atoms with Gasteiger partial charge in [0.2, 0.25) is 11.8 Å². The van der Waals surface area contributed by atoms with Crippen LogP contribution < -0.4 is 10.5 Å². The zero-order valence-corrected chi connectivity index (χ0v) is 13.4. The Kier molecular flexibility index (Phi) is 4.48. The number of benzene rings is 1. The summed E-state index contributed by atoms with van der Waals surface area (Å²) in [5, 5.41) is 0.614. The number of aromatic nitrogens is 2. The molecule has 0 saturated carbocycles. The predicted molar refractivity (Wildman–Crippen MR) is 89.5 cm³/mol. The van der Waals surface area contributed by atoms with Gasteiger partial charge in [-0.2, -0.15) is 0 Å². The van der Waals surface area contributed by atoms with Crippen LogP contribution in [0.1, 0.15) is 11.5 Å². The van der Waals surface area contributed by atoms with Crippen molar-refractivity contribution in [1.82, 2.24) is 9.97 Å². The number of nitrogens with zero attached hydrogens (tertiary/aromatic N) is 2. The van der Waals surface area contributed by atoms with Gasteiger partial charge in [0.25, 0.3) is 0 Å². The van der Waals surface area contributed by atoms with Crippen molar-refractivity contribution in [2.45, 2.75) is 13.3 Å². The monoisotopic (exact) mass is 329 g/mol. The maximum atomic E-state index is 6.17. The number of rotatable bonds is 5. The first-order valence-electron chi connectivity index (χ1n) is 7.19. The Morgan fingerprint density at radius 2 is 2.04 bits per heavy atom. The van der Waals surface area contributed by atoms with Gasteiger partial charge in [-0.25, -0.2) is 9.97 Å². The lowest BCUT2D eigenvalue weighted by molar-refractivity contribution is 0.308. The minimum atomic E-state index is 0.451. The molecule has 0 spiro atoms. The largest absolute Gasteiger partial charge is 0.477 e. The van der Waals surface area contributed by atoms with Crippen LogP contribution >= 0.6 is 11.6 Å². The molecule has 6 heteroatoms. The van der Waals surface area contributed by atoms with E-state index < -0.39 is 0 Å². The third-order valence-electron chi connectivity index (χ3n) is 3.34. The van der Waals surface area contributed by atoms with E-state index in [9.17, 15) is 0 Å². The first-order valence-corrected chi connectivity index (χ1v) is 7.57. The van der Waals surface area contributed by atoms with Crippen LogP contribution in [0.5, 0.6) is 5.88 Å². The molecule has 0 saturated heterocycles. The third-order valence-corrected chi connectivity index (χ3v) is 3.67. The number of oxazole rings is 1. The van der Waals surface area contributed by atoms with Crippen molar-refractivity contribution in [3.8, 4) is 17.3 Å². The van der Waals surface area contributed by atoms with Gasteiger partial charge in [0.15, 0.2) is 0 Å². The summed E-state index contributed by atoms with van der Waals surface area (Å²) in [6.07, 6.45) is 2.18. The Morgan fingerprint density at radius 3 is 2.78 bits per heavy atom. The van der Waals surface area contributed by atoms with Gasteiger partial charge in [-0.1, -0.05) is 23.7 Å². The summed E-state index contributed by atoms with van der Waals surface area (Å²) < 4.78 is 11.3. The molecule has 0 aliphatic carbocycles. The van der Waals surface area contributed by atoms with Gasteiger partial charge < -0.3 is 14.9 Å². The first-order chi connectivity index (χ1) is 11.1. The molecule has 5 nitrogen and oxygen atoms in total. The molecule has 0 aliphatic heterocycles. The van der Waals surface area contributed by atoms with Crippen LogP contribution in [-0.4, -0.2) is 16.6 Å². The average Bonchev–Trinajstić information content (AvgIpc) is 2.91. The van der Waals surface area contributed by atoms with E-state index in [1.165, 1.54) is 0 Å². The van der Waals surface area contributed by atoms with Gasteiger partial charge in [-0.15, -0.1) is 0 Å². The highest BCUT2D eigenvalue weighted by molar-refractivity contribution is 6.33. The lowest BCUT2D eigenvalue weighted by Gasteiger charge is -2.03. The highest BCUT2D eigenvalue weighted by Crippen LogP contribution is 2.28. The fraction of sp³-hybridized carbons (Fsp3) is 0.176. The van der Waals surface area contributed by atoms with E-state index in [0.29, 0.717) is 35.5 Å². The van der Waals surface area contributed by atoms with E-state index in [2.05, 4.69) is 9.97 Å². The molecule has 2 aromatic heterocycles. The normalized spacial score (nSPS) is 10.7. The highest BCUT2D eigenvalue weighted by Gasteiger charge is 2.13. The molecule has 1 aromatic carbocycles. The summed E-state index contributed by atoms with van der Waals surface area (Å²) in [5.41, 5.74) is 7.82. The molecule has 0 radical (unpaired) electrons. The van der Waals surface area contributed by atoms with Crippen LogP contribution in [-0.2, 0) is 6.42 Å². The predicted octanol–water partition coefficient (Wildman–Crippen LogP) is 3.90. The molecule has 3 aromatic rings. The van der Waals surface area contributed by atoms with Gasteiger partial charge in [0, 0.05) is 12.5 Å². The molecule has 0 unspecified atom stereocenters. The zero-order chi connectivity index (χ0) is 16.2. The van der Waals surface area contributed by atoms with Crippen molar-refractivity contribution < 1.29 is 9.15 Å². The maximum Gasteiger partial charge on any atom is 0.228 e. The minimum Gasteiger partial charge on any atom is -0.477 e. The van der Waals surface area contributed by atoms with Crippen molar-refractivity contribution in [3.05, 3.63) is 59.1 Å². The van der Waals surface area contributed by atoms with Crippen molar-refractivity contribution in [2.75, 3.05) is 12.3 Å². The van der Waals surface area contributed by atoms with Crippen molar-refractivity contribution >= 4 is 17.3 Å². The highest BCUT2D eigenvalue weighted by atomic mass is 35.5. The molecule has 2 N–H and O–H groups in total. The smallest absolute Gasteiger partial charge is 0.228 e. The molecule has 3 rings (SSSR count). The number of halogens is 1. The van der Waals surface area contributed by atoms with E-state index in [4.69, 9.17) is 26.5 Å². The Bertz CT molecular complexity index is 800. The molecule has 2 heterocycles. The van der Waals surface area contributed by atoms with Crippen LogP contribution in [0.25, 0.3) is 11.5 Å². The first kappa shape index (κ1) is 15.4. The van der Waals surface area contributed by atoms with E-state index in [1.54, 1.807) is 18.3 Å². The minimum absolute atomic E-state index is 0.451. The van der Waals surface area contributed by atoms with Crippen LogP contribution in [0.4, 0.5) is 5.69 Å². The quantitative estimate of drug-likeness (QED) is 0.768. The SMILES string of the molecule is Cc1oc(-c2ccccc2Cl)nc1CCOc1ccc(N)cn1. The van der Waals surface area contributed by atoms with Crippen LogP contribution in [0.3, 0.4) is 0 Å². The number of aryl methyl sites for hydroxylation is 1. The van der Waals surface area contributed by atoms with Crippen molar-refractivity contribution in [1.29, 1.82) is 0 Å². The lowest BCUT2D eigenvalue weighted by Crippen LogP contribution is -2.04. The lowest BCUT2D eigenvalue weighted by atomic mass is 10.2. The number of hydrogen-bond acceptors (Lipinski definition) is 5. The maximum absolute atomic E-state index is 6.17. The fourth-order valence-corrected chi connectivity index (χ4v) is 2.36. The number of pyridine rings is 1. The number of nitrogen functional groups attached to an aromatic ring is 1. The summed E-state index contributed by atoms with van der Waals surface area (Å²) in [6.45, 7) is 2.33. The molecule has 0 amide bonds. The van der Waals surface area contributed by atoms with Gasteiger partial charge in [-0.3, -0.25) is 0 Å². The molecule has 0 atom stereocenters. The van der Waals surface area contributed by atoms with E-state index in [0.717, 1.165) is 17.0 Å². The number of anilines is 1. The Morgan fingerprint density at radius 1 is 1.22 bits per heavy atom. The summed E-state index contributed by atoms with van der Waals surface area (Å²) >= 11 is 6.17.